The molecule has 1 aliphatic heterocycles. The topological polar surface area (TPSA) is 46.1 Å². The summed E-state index contributed by atoms with van der Waals surface area (Å²) < 4.78 is 1.93. The van der Waals surface area contributed by atoms with Crippen molar-refractivity contribution in [2.75, 3.05) is 13.1 Å². The number of aryl methyl sites for hydroxylation is 1. The van der Waals surface area contributed by atoms with Gasteiger partial charge in [-0.15, -0.1) is 0 Å². The van der Waals surface area contributed by atoms with Crippen LogP contribution in [0.25, 0.3) is 0 Å². The van der Waals surface area contributed by atoms with Crippen LogP contribution in [-0.2, 0) is 6.54 Å². The minimum absolute atomic E-state index is 0.0234. The Hall–Kier alpha value is -1.00. The summed E-state index contributed by atoms with van der Waals surface area (Å²) in [6, 6.07) is 1.75. The van der Waals surface area contributed by atoms with Crippen molar-refractivity contribution in [1.82, 2.24) is 15.2 Å². The van der Waals surface area contributed by atoms with Gasteiger partial charge in [0, 0.05) is 18.3 Å². The van der Waals surface area contributed by atoms with E-state index in [1.165, 1.54) is 0 Å². The molecule has 1 amide bonds. The summed E-state index contributed by atoms with van der Waals surface area (Å²) in [5.41, 5.74) is 0.544. The lowest BCUT2D eigenvalue weighted by Crippen LogP contribution is -2.52. The Bertz CT molecular complexity index is 450. The Morgan fingerprint density at radius 2 is 2.21 bits per heavy atom. The summed E-state index contributed by atoms with van der Waals surface area (Å²) in [6.45, 7) is 6.92. The number of nitrogens with zero attached hydrogens (tertiary/aromatic N) is 1. The summed E-state index contributed by atoms with van der Waals surface area (Å²) in [5, 5.41) is 7.10. The number of amides is 1. The van der Waals surface area contributed by atoms with E-state index < -0.39 is 0 Å². The second kappa shape index (κ2) is 5.97. The standard InChI is InChI=1S/C14H22ClN3O/c1-3-8-18-10-11(15)9-12(18)13(19)17-14(2)4-6-16-7-5-14/h9-10,16H,3-8H2,1-2H3,(H,17,19). The van der Waals surface area contributed by atoms with E-state index in [0.29, 0.717) is 10.7 Å². The fourth-order valence-corrected chi connectivity index (χ4v) is 2.75. The van der Waals surface area contributed by atoms with Crippen LogP contribution in [-0.4, -0.2) is 29.1 Å². The Labute approximate surface area is 119 Å². The van der Waals surface area contributed by atoms with Crippen LogP contribution in [0.15, 0.2) is 12.3 Å². The molecule has 1 fully saturated rings. The first kappa shape index (κ1) is 14.4. The molecule has 0 aliphatic carbocycles. The van der Waals surface area contributed by atoms with Crippen molar-refractivity contribution >= 4 is 17.5 Å². The van der Waals surface area contributed by atoms with Gasteiger partial charge < -0.3 is 15.2 Å². The molecule has 0 radical (unpaired) electrons. The molecule has 0 bridgehead atoms. The number of aromatic nitrogens is 1. The molecule has 2 rings (SSSR count). The average molecular weight is 284 g/mol. The third-order valence-corrected chi connectivity index (χ3v) is 3.89. The van der Waals surface area contributed by atoms with E-state index in [2.05, 4.69) is 24.5 Å². The number of halogens is 1. The highest BCUT2D eigenvalue weighted by molar-refractivity contribution is 6.31. The molecule has 1 aromatic rings. The van der Waals surface area contributed by atoms with Crippen LogP contribution in [0.1, 0.15) is 43.6 Å². The second-order valence-electron chi connectivity index (χ2n) is 5.50. The van der Waals surface area contributed by atoms with Crippen LogP contribution in [0.5, 0.6) is 0 Å². The van der Waals surface area contributed by atoms with E-state index in [9.17, 15) is 4.79 Å². The Morgan fingerprint density at radius 1 is 1.53 bits per heavy atom. The molecule has 1 aromatic heterocycles. The fourth-order valence-electron chi connectivity index (χ4n) is 2.53. The zero-order valence-corrected chi connectivity index (χ0v) is 12.4. The molecule has 106 valence electrons. The average Bonchev–Trinajstić information content (AvgIpc) is 2.71. The minimum Gasteiger partial charge on any atom is -0.346 e. The summed E-state index contributed by atoms with van der Waals surface area (Å²) in [4.78, 5) is 12.4. The number of hydrogen-bond acceptors (Lipinski definition) is 2. The van der Waals surface area contributed by atoms with Gasteiger partial charge in [0.15, 0.2) is 0 Å². The third-order valence-electron chi connectivity index (χ3n) is 3.68. The van der Waals surface area contributed by atoms with Crippen molar-refractivity contribution < 1.29 is 4.79 Å². The van der Waals surface area contributed by atoms with E-state index in [-0.39, 0.29) is 11.4 Å². The van der Waals surface area contributed by atoms with Crippen LogP contribution in [0.4, 0.5) is 0 Å². The smallest absolute Gasteiger partial charge is 0.268 e. The van der Waals surface area contributed by atoms with E-state index >= 15 is 0 Å². The van der Waals surface area contributed by atoms with Gasteiger partial charge in [-0.25, -0.2) is 0 Å². The molecule has 1 aliphatic rings. The SMILES string of the molecule is CCCn1cc(Cl)cc1C(=O)NC1(C)CCNCC1. The van der Waals surface area contributed by atoms with Crippen LogP contribution in [0, 0.1) is 0 Å². The zero-order valence-electron chi connectivity index (χ0n) is 11.6. The first-order valence-corrected chi connectivity index (χ1v) is 7.31. The summed E-state index contributed by atoms with van der Waals surface area (Å²) in [6.07, 6.45) is 4.72. The van der Waals surface area contributed by atoms with Gasteiger partial charge >= 0.3 is 0 Å². The van der Waals surface area contributed by atoms with Gasteiger partial charge in [0.2, 0.25) is 0 Å². The Balaban J connectivity index is 2.10. The van der Waals surface area contributed by atoms with Gasteiger partial charge in [-0.1, -0.05) is 18.5 Å². The molecule has 1 saturated heterocycles. The van der Waals surface area contributed by atoms with Crippen LogP contribution < -0.4 is 10.6 Å². The summed E-state index contributed by atoms with van der Waals surface area (Å²) >= 11 is 6.01. The lowest BCUT2D eigenvalue weighted by molar-refractivity contribution is 0.0878. The lowest BCUT2D eigenvalue weighted by Gasteiger charge is -2.35. The molecule has 0 aromatic carbocycles. The van der Waals surface area contributed by atoms with Crippen molar-refractivity contribution in [3.63, 3.8) is 0 Å². The normalized spacial score (nSPS) is 18.3. The Morgan fingerprint density at radius 3 is 2.84 bits per heavy atom. The number of carbonyl (C=O) groups is 1. The largest absolute Gasteiger partial charge is 0.346 e. The first-order valence-electron chi connectivity index (χ1n) is 6.93. The predicted molar refractivity (Wildman–Crippen MR) is 77.7 cm³/mol. The van der Waals surface area contributed by atoms with Crippen molar-refractivity contribution in [2.24, 2.45) is 0 Å². The molecule has 4 nitrogen and oxygen atoms in total. The van der Waals surface area contributed by atoms with Crippen molar-refractivity contribution in [3.05, 3.63) is 23.0 Å². The van der Waals surface area contributed by atoms with Crippen LogP contribution in [0.2, 0.25) is 5.02 Å². The maximum absolute atomic E-state index is 12.4. The van der Waals surface area contributed by atoms with Gasteiger partial charge in [-0.3, -0.25) is 4.79 Å². The zero-order chi connectivity index (χ0) is 13.9. The highest BCUT2D eigenvalue weighted by Crippen LogP contribution is 2.20. The maximum Gasteiger partial charge on any atom is 0.268 e. The van der Waals surface area contributed by atoms with Gasteiger partial charge in [-0.2, -0.15) is 0 Å². The third kappa shape index (κ3) is 3.51. The highest BCUT2D eigenvalue weighted by atomic mass is 35.5. The molecule has 2 heterocycles. The monoisotopic (exact) mass is 283 g/mol. The predicted octanol–water partition coefficient (Wildman–Crippen LogP) is 2.42. The van der Waals surface area contributed by atoms with E-state index in [0.717, 1.165) is 38.9 Å². The number of nitrogens with one attached hydrogen (secondary N) is 2. The van der Waals surface area contributed by atoms with Crippen molar-refractivity contribution in [2.45, 2.75) is 45.2 Å². The fraction of sp³-hybridized carbons (Fsp3) is 0.643. The molecule has 19 heavy (non-hydrogen) atoms. The van der Waals surface area contributed by atoms with Crippen molar-refractivity contribution in [1.29, 1.82) is 0 Å². The van der Waals surface area contributed by atoms with Gasteiger partial charge in [-0.05, 0) is 45.3 Å². The van der Waals surface area contributed by atoms with Gasteiger partial charge in [0.05, 0.1) is 5.02 Å². The van der Waals surface area contributed by atoms with Gasteiger partial charge in [0.1, 0.15) is 5.69 Å². The molecular formula is C14H22ClN3O. The molecule has 2 N–H and O–H groups in total. The molecule has 0 unspecified atom stereocenters. The minimum atomic E-state index is -0.115. The number of rotatable bonds is 4. The van der Waals surface area contributed by atoms with Gasteiger partial charge in [0.25, 0.3) is 5.91 Å². The summed E-state index contributed by atoms with van der Waals surface area (Å²) in [7, 11) is 0. The maximum atomic E-state index is 12.4. The van der Waals surface area contributed by atoms with Crippen LogP contribution >= 0.6 is 11.6 Å². The summed E-state index contributed by atoms with van der Waals surface area (Å²) in [5.74, 6) is -0.0234. The van der Waals surface area contributed by atoms with E-state index in [1.807, 2.05) is 10.8 Å². The Kier molecular flexibility index (Phi) is 4.53. The van der Waals surface area contributed by atoms with Crippen molar-refractivity contribution in [3.8, 4) is 0 Å². The lowest BCUT2D eigenvalue weighted by atomic mass is 9.90. The van der Waals surface area contributed by atoms with E-state index in [4.69, 9.17) is 11.6 Å². The molecule has 0 spiro atoms. The number of hydrogen-bond donors (Lipinski definition) is 2. The van der Waals surface area contributed by atoms with Crippen LogP contribution in [0.3, 0.4) is 0 Å². The number of piperidine rings is 1. The molecule has 0 saturated carbocycles. The molecule has 0 atom stereocenters. The molecule has 5 heteroatoms. The second-order valence-corrected chi connectivity index (χ2v) is 5.94. The van der Waals surface area contributed by atoms with E-state index in [1.54, 1.807) is 6.07 Å². The first-order chi connectivity index (χ1) is 9.04. The number of carbonyl (C=O) groups excluding carboxylic acids is 1. The quantitative estimate of drug-likeness (QED) is 0.891. The molecular weight excluding hydrogens is 262 g/mol. The highest BCUT2D eigenvalue weighted by Gasteiger charge is 2.29.